The van der Waals surface area contributed by atoms with Crippen LogP contribution in [0.1, 0.15) is 52.0 Å². The van der Waals surface area contributed by atoms with E-state index < -0.39 is 29.6 Å². The van der Waals surface area contributed by atoms with Gasteiger partial charge in [0.15, 0.2) is 5.78 Å². The summed E-state index contributed by atoms with van der Waals surface area (Å²) in [5, 5.41) is 3.20. The number of allylic oxidation sites excluding steroid dienone is 3. The zero-order valence-electron chi connectivity index (χ0n) is 18.5. The summed E-state index contributed by atoms with van der Waals surface area (Å²) < 4.78 is 24.1. The molecule has 0 radical (unpaired) electrons. The second-order valence-electron chi connectivity index (χ2n) is 8.21. The van der Waals surface area contributed by atoms with Crippen molar-refractivity contribution >= 4 is 17.7 Å². The number of benzene rings is 1. The second kappa shape index (κ2) is 9.04. The Morgan fingerprint density at radius 2 is 1.90 bits per heavy atom. The largest absolute Gasteiger partial charge is 0.468 e. The van der Waals surface area contributed by atoms with Gasteiger partial charge in [0.25, 0.3) is 0 Å². The Labute approximate surface area is 181 Å². The van der Waals surface area contributed by atoms with Crippen molar-refractivity contribution in [1.82, 2.24) is 5.32 Å². The molecule has 1 heterocycles. The maximum atomic E-state index is 13.6. The fraction of sp³-hybridized carbons (Fsp3) is 0.458. The molecule has 4 atom stereocenters. The molecular formula is C24H28FNO5. The number of dihydropyridines is 1. The van der Waals surface area contributed by atoms with E-state index in [1.807, 2.05) is 13.8 Å². The lowest BCUT2D eigenvalue weighted by molar-refractivity contribution is -0.151. The molecule has 31 heavy (non-hydrogen) atoms. The Balaban J connectivity index is 2.15. The molecule has 0 fully saturated rings. The van der Waals surface area contributed by atoms with Gasteiger partial charge in [0.2, 0.25) is 0 Å². The van der Waals surface area contributed by atoms with Crippen molar-refractivity contribution in [3.8, 4) is 0 Å². The highest BCUT2D eigenvalue weighted by Gasteiger charge is 2.47. The zero-order chi connectivity index (χ0) is 22.9. The normalized spacial score (nSPS) is 24.3. The molecule has 1 aromatic rings. The van der Waals surface area contributed by atoms with E-state index in [1.54, 1.807) is 26.0 Å². The maximum absolute atomic E-state index is 13.6. The second-order valence-corrected chi connectivity index (χ2v) is 8.21. The molecule has 1 aromatic carbocycles. The highest BCUT2D eigenvalue weighted by Crippen LogP contribution is 2.45. The number of ether oxygens (including phenoxy) is 2. The molecule has 6 nitrogen and oxygen atoms in total. The molecule has 3 rings (SSSR count). The van der Waals surface area contributed by atoms with Gasteiger partial charge in [0.05, 0.1) is 18.8 Å². The predicted molar refractivity (Wildman–Crippen MR) is 112 cm³/mol. The fourth-order valence-electron chi connectivity index (χ4n) is 4.27. The number of Topliss-reactive ketones (excluding diaryl/α,β-unsaturated/α-hetero) is 1. The molecule has 7 heteroatoms. The van der Waals surface area contributed by atoms with Gasteiger partial charge < -0.3 is 14.8 Å². The van der Waals surface area contributed by atoms with E-state index in [2.05, 4.69) is 5.32 Å². The van der Waals surface area contributed by atoms with E-state index in [-0.39, 0.29) is 23.4 Å². The number of hydrogen-bond acceptors (Lipinski definition) is 6. The first-order valence-electron chi connectivity index (χ1n) is 10.5. The van der Waals surface area contributed by atoms with Crippen LogP contribution < -0.4 is 5.32 Å². The van der Waals surface area contributed by atoms with Crippen LogP contribution in [-0.4, -0.2) is 30.9 Å². The third kappa shape index (κ3) is 4.27. The first kappa shape index (κ1) is 22.7. The summed E-state index contributed by atoms with van der Waals surface area (Å²) in [5.41, 5.74) is 2.46. The third-order valence-corrected chi connectivity index (χ3v) is 6.05. The van der Waals surface area contributed by atoms with Gasteiger partial charge in [-0.3, -0.25) is 9.59 Å². The topological polar surface area (TPSA) is 81.7 Å². The van der Waals surface area contributed by atoms with E-state index in [0.29, 0.717) is 35.4 Å². The molecule has 0 bridgehead atoms. The minimum absolute atomic E-state index is 0.263. The zero-order valence-corrected chi connectivity index (χ0v) is 18.5. The molecule has 1 aliphatic carbocycles. The average Bonchev–Trinajstić information content (AvgIpc) is 2.72. The van der Waals surface area contributed by atoms with Crippen molar-refractivity contribution in [3.63, 3.8) is 0 Å². The molecule has 0 amide bonds. The average molecular weight is 429 g/mol. The Hall–Kier alpha value is -2.96. The highest BCUT2D eigenvalue weighted by atomic mass is 19.1. The van der Waals surface area contributed by atoms with Gasteiger partial charge >= 0.3 is 11.9 Å². The molecule has 1 aliphatic heterocycles. The lowest BCUT2D eigenvalue weighted by Crippen LogP contribution is -2.43. The first-order valence-corrected chi connectivity index (χ1v) is 10.5. The molecule has 0 saturated heterocycles. The molecule has 0 unspecified atom stereocenters. The van der Waals surface area contributed by atoms with Crippen LogP contribution in [0.4, 0.5) is 4.39 Å². The summed E-state index contributed by atoms with van der Waals surface area (Å²) in [6, 6.07) is 5.69. The molecule has 1 N–H and O–H groups in total. The summed E-state index contributed by atoms with van der Waals surface area (Å²) in [7, 11) is 1.25. The summed E-state index contributed by atoms with van der Waals surface area (Å²) in [6.45, 7) is 7.28. The highest BCUT2D eigenvalue weighted by molar-refractivity contribution is 6.12. The van der Waals surface area contributed by atoms with E-state index in [4.69, 9.17) is 9.47 Å². The van der Waals surface area contributed by atoms with Gasteiger partial charge in [-0.15, -0.1) is 0 Å². The van der Waals surface area contributed by atoms with Crippen LogP contribution in [0.2, 0.25) is 0 Å². The third-order valence-electron chi connectivity index (χ3n) is 6.05. The van der Waals surface area contributed by atoms with Gasteiger partial charge in [0, 0.05) is 22.9 Å². The lowest BCUT2D eigenvalue weighted by atomic mass is 9.69. The number of halogens is 1. The Bertz CT molecular complexity index is 963. The summed E-state index contributed by atoms with van der Waals surface area (Å²) >= 11 is 0. The maximum Gasteiger partial charge on any atom is 0.337 e. The van der Waals surface area contributed by atoms with Crippen LogP contribution in [0, 0.1) is 17.7 Å². The molecule has 0 saturated carbocycles. The number of methoxy groups -OCH3 is 1. The van der Waals surface area contributed by atoms with Crippen LogP contribution in [0.3, 0.4) is 0 Å². The monoisotopic (exact) mass is 429 g/mol. The van der Waals surface area contributed by atoms with Gasteiger partial charge in [-0.05, 0) is 50.3 Å². The molecule has 0 spiro atoms. The molecule has 166 valence electrons. The number of carbonyl (C=O) groups is 3. The number of esters is 2. The number of carbonyl (C=O) groups excluding carboxylic acids is 3. The van der Waals surface area contributed by atoms with E-state index in [9.17, 15) is 18.8 Å². The van der Waals surface area contributed by atoms with Crippen LogP contribution in [0.5, 0.6) is 0 Å². The number of rotatable bonds is 5. The summed E-state index contributed by atoms with van der Waals surface area (Å²) in [6.07, 6.45) is 0.785. The number of ketones is 1. The van der Waals surface area contributed by atoms with E-state index >= 15 is 0 Å². The molecule has 0 aromatic heterocycles. The molecular weight excluding hydrogens is 401 g/mol. The van der Waals surface area contributed by atoms with Crippen molar-refractivity contribution in [3.05, 3.63) is 58.2 Å². The van der Waals surface area contributed by atoms with Crippen molar-refractivity contribution in [2.45, 2.75) is 52.6 Å². The fourth-order valence-corrected chi connectivity index (χ4v) is 4.27. The minimum Gasteiger partial charge on any atom is -0.468 e. The van der Waals surface area contributed by atoms with Crippen molar-refractivity contribution in [2.75, 3.05) is 7.11 Å². The number of hydrogen-bond donors (Lipinski definition) is 1. The summed E-state index contributed by atoms with van der Waals surface area (Å²) in [4.78, 5) is 39.0. The van der Waals surface area contributed by atoms with E-state index in [1.165, 1.54) is 19.2 Å². The molecule has 2 aliphatic rings. The minimum atomic E-state index is -0.959. The Kier molecular flexibility index (Phi) is 6.62. The van der Waals surface area contributed by atoms with Gasteiger partial charge in [0.1, 0.15) is 11.7 Å². The predicted octanol–water partition coefficient (Wildman–Crippen LogP) is 3.78. The van der Waals surface area contributed by atoms with Crippen LogP contribution >= 0.6 is 0 Å². The van der Waals surface area contributed by atoms with Crippen LogP contribution in [-0.2, 0) is 23.9 Å². The van der Waals surface area contributed by atoms with Crippen molar-refractivity contribution in [1.29, 1.82) is 0 Å². The van der Waals surface area contributed by atoms with Crippen molar-refractivity contribution < 1.29 is 28.2 Å². The standard InChI is InChI=1S/C24H28FNO5/c1-6-13(3)31-24(29)19-14(4)26-17-11-12(2)18(23(28)30-5)22(27)21(17)20(19)15-7-9-16(25)10-8-15/h7-10,12-13,18,20,26H,6,11H2,1-5H3/t12-,13+,18-,20+/m0/s1. The first-order chi connectivity index (χ1) is 14.7. The lowest BCUT2D eigenvalue weighted by Gasteiger charge is -2.38. The van der Waals surface area contributed by atoms with Crippen LogP contribution in [0.25, 0.3) is 0 Å². The quantitative estimate of drug-likeness (QED) is 0.567. The van der Waals surface area contributed by atoms with Gasteiger partial charge in [-0.1, -0.05) is 26.0 Å². The van der Waals surface area contributed by atoms with Crippen LogP contribution in [0.15, 0.2) is 46.8 Å². The Morgan fingerprint density at radius 1 is 1.26 bits per heavy atom. The SMILES string of the molecule is CC[C@@H](C)OC(=O)C1=C(C)NC2=C(C(=O)[C@@H](C(=O)OC)[C@@H](C)C2)[C@@H]1c1ccc(F)cc1. The summed E-state index contributed by atoms with van der Waals surface area (Å²) in [5.74, 6) is -3.94. The van der Waals surface area contributed by atoms with E-state index in [0.717, 1.165) is 0 Å². The number of nitrogens with one attached hydrogen (secondary N) is 1. The van der Waals surface area contributed by atoms with Gasteiger partial charge in [-0.25, -0.2) is 9.18 Å². The smallest absolute Gasteiger partial charge is 0.337 e. The van der Waals surface area contributed by atoms with Crippen molar-refractivity contribution in [2.24, 2.45) is 11.8 Å². The Morgan fingerprint density at radius 3 is 2.48 bits per heavy atom. The van der Waals surface area contributed by atoms with Gasteiger partial charge in [-0.2, -0.15) is 0 Å².